The van der Waals surface area contributed by atoms with Gasteiger partial charge in [0.1, 0.15) is 5.69 Å². The van der Waals surface area contributed by atoms with Gasteiger partial charge in [-0.05, 0) is 31.5 Å². The summed E-state index contributed by atoms with van der Waals surface area (Å²) in [4.78, 5) is 12.0. The quantitative estimate of drug-likeness (QED) is 0.873. The van der Waals surface area contributed by atoms with Crippen molar-refractivity contribution in [3.05, 3.63) is 28.2 Å². The number of anilines is 1. The van der Waals surface area contributed by atoms with Crippen LogP contribution < -0.4 is 10.6 Å². The summed E-state index contributed by atoms with van der Waals surface area (Å²) >= 11 is 3.00. The second-order valence-corrected chi connectivity index (χ2v) is 5.51. The third kappa shape index (κ3) is 3.73. The maximum atomic E-state index is 13.6. The highest BCUT2D eigenvalue weighted by Gasteiger charge is 2.22. The lowest BCUT2D eigenvalue weighted by Gasteiger charge is -2.16. The molecule has 19 heavy (non-hydrogen) atoms. The predicted octanol–water partition coefficient (Wildman–Crippen LogP) is 3.20. The number of carbonyl (C=O) groups excluding carboxylic acids is 1. The lowest BCUT2D eigenvalue weighted by Crippen LogP contribution is -2.40. The molecule has 2 rings (SSSR count). The fourth-order valence-electron chi connectivity index (χ4n) is 2.12. The van der Waals surface area contributed by atoms with Crippen molar-refractivity contribution >= 4 is 27.5 Å². The van der Waals surface area contributed by atoms with Gasteiger partial charge in [-0.1, -0.05) is 28.8 Å². The van der Waals surface area contributed by atoms with Crippen LogP contribution in [0.1, 0.15) is 25.7 Å². The van der Waals surface area contributed by atoms with Crippen molar-refractivity contribution in [2.45, 2.75) is 31.7 Å². The Labute approximate surface area is 118 Å². The zero-order chi connectivity index (χ0) is 13.8. The van der Waals surface area contributed by atoms with Gasteiger partial charge in [-0.2, -0.15) is 0 Å². The van der Waals surface area contributed by atoms with E-state index in [1.807, 2.05) is 0 Å². The van der Waals surface area contributed by atoms with E-state index >= 15 is 0 Å². The Bertz CT molecular complexity index is 451. The van der Waals surface area contributed by atoms with Crippen LogP contribution in [0.2, 0.25) is 0 Å². The summed E-state index contributed by atoms with van der Waals surface area (Å²) in [5.74, 6) is -1.95. The largest absolute Gasteiger partial charge is 0.320 e. The van der Waals surface area contributed by atoms with E-state index in [-0.39, 0.29) is 17.6 Å². The van der Waals surface area contributed by atoms with Crippen LogP contribution in [-0.4, -0.2) is 18.5 Å². The van der Waals surface area contributed by atoms with Crippen molar-refractivity contribution in [2.75, 3.05) is 11.9 Å². The maximum absolute atomic E-state index is 13.6. The molecule has 0 spiro atoms. The van der Waals surface area contributed by atoms with Gasteiger partial charge in [0.2, 0.25) is 5.91 Å². The zero-order valence-corrected chi connectivity index (χ0v) is 11.9. The minimum absolute atomic E-state index is 0.299. The highest BCUT2D eigenvalue weighted by atomic mass is 79.9. The van der Waals surface area contributed by atoms with Gasteiger partial charge in [-0.15, -0.1) is 0 Å². The van der Waals surface area contributed by atoms with Gasteiger partial charge in [-0.25, -0.2) is 8.78 Å². The molecule has 0 saturated carbocycles. The Balaban J connectivity index is 2.10. The first kappa shape index (κ1) is 14.4. The number of hydrogen-bond donors (Lipinski definition) is 2. The summed E-state index contributed by atoms with van der Waals surface area (Å²) in [5.41, 5.74) is -0.390. The minimum Gasteiger partial charge on any atom is -0.320 e. The summed E-state index contributed by atoms with van der Waals surface area (Å²) in [6.07, 6.45) is 3.71. The third-order valence-corrected chi connectivity index (χ3v) is 3.59. The Morgan fingerprint density at radius 3 is 2.63 bits per heavy atom. The number of hydrogen-bond acceptors (Lipinski definition) is 2. The molecule has 0 radical (unpaired) electrons. The second kappa shape index (κ2) is 6.43. The van der Waals surface area contributed by atoms with Gasteiger partial charge < -0.3 is 10.6 Å². The van der Waals surface area contributed by atoms with Crippen LogP contribution in [0, 0.1) is 11.6 Å². The van der Waals surface area contributed by atoms with Gasteiger partial charge in [0.05, 0.1) is 6.04 Å². The van der Waals surface area contributed by atoms with Gasteiger partial charge >= 0.3 is 0 Å². The SMILES string of the molecule is O=C(Nc1c(F)cc(Br)cc1F)C1CCCCCN1. The Hall–Kier alpha value is -1.01. The van der Waals surface area contributed by atoms with Crippen molar-refractivity contribution in [2.24, 2.45) is 0 Å². The molecule has 1 aromatic rings. The Morgan fingerprint density at radius 1 is 1.26 bits per heavy atom. The average molecular weight is 333 g/mol. The van der Waals surface area contributed by atoms with Crippen LogP contribution >= 0.6 is 15.9 Å². The van der Waals surface area contributed by atoms with Crippen LogP contribution in [0.4, 0.5) is 14.5 Å². The van der Waals surface area contributed by atoms with E-state index in [1.165, 1.54) is 0 Å². The molecule has 1 aromatic carbocycles. The van der Waals surface area contributed by atoms with E-state index in [2.05, 4.69) is 26.6 Å². The first-order valence-corrected chi connectivity index (χ1v) is 7.06. The molecule has 0 aromatic heterocycles. The summed E-state index contributed by atoms with van der Waals surface area (Å²) in [5, 5.41) is 5.42. The zero-order valence-electron chi connectivity index (χ0n) is 10.3. The molecule has 2 N–H and O–H groups in total. The normalized spacial score (nSPS) is 19.8. The smallest absolute Gasteiger partial charge is 0.241 e. The van der Waals surface area contributed by atoms with E-state index in [0.717, 1.165) is 37.9 Å². The number of benzene rings is 1. The van der Waals surface area contributed by atoms with E-state index in [4.69, 9.17) is 0 Å². The van der Waals surface area contributed by atoms with Crippen LogP contribution in [-0.2, 0) is 4.79 Å². The van der Waals surface area contributed by atoms with Gasteiger partial charge in [0, 0.05) is 4.47 Å². The molecule has 1 saturated heterocycles. The monoisotopic (exact) mass is 332 g/mol. The van der Waals surface area contributed by atoms with Gasteiger partial charge in [0.15, 0.2) is 11.6 Å². The fourth-order valence-corrected chi connectivity index (χ4v) is 2.53. The van der Waals surface area contributed by atoms with Gasteiger partial charge in [0.25, 0.3) is 0 Å². The second-order valence-electron chi connectivity index (χ2n) is 4.59. The predicted molar refractivity (Wildman–Crippen MR) is 72.9 cm³/mol. The molecule has 1 atom stereocenters. The molecular formula is C13H15BrF2N2O. The number of carbonyl (C=O) groups is 1. The number of nitrogens with one attached hydrogen (secondary N) is 2. The van der Waals surface area contributed by atoms with E-state index < -0.39 is 11.6 Å². The molecule has 3 nitrogen and oxygen atoms in total. The van der Waals surface area contributed by atoms with Crippen molar-refractivity contribution < 1.29 is 13.6 Å². The molecule has 0 aliphatic carbocycles. The summed E-state index contributed by atoms with van der Waals surface area (Å²) < 4.78 is 27.5. The number of amides is 1. The number of rotatable bonds is 2. The molecule has 104 valence electrons. The summed E-state index contributed by atoms with van der Waals surface area (Å²) in [7, 11) is 0. The first-order valence-electron chi connectivity index (χ1n) is 6.26. The van der Waals surface area contributed by atoms with Crippen molar-refractivity contribution in [3.8, 4) is 0 Å². The molecule has 0 bridgehead atoms. The molecule has 1 aliphatic rings. The van der Waals surface area contributed by atoms with Crippen LogP contribution in [0.3, 0.4) is 0 Å². The minimum atomic E-state index is -0.783. The molecule has 1 aliphatic heterocycles. The van der Waals surface area contributed by atoms with Crippen molar-refractivity contribution in [1.82, 2.24) is 5.32 Å². The van der Waals surface area contributed by atoms with Crippen molar-refractivity contribution in [3.63, 3.8) is 0 Å². The standard InChI is InChI=1S/C13H15BrF2N2O/c14-8-6-9(15)12(10(16)7-8)18-13(19)11-4-2-1-3-5-17-11/h6-7,11,17H,1-5H2,(H,18,19). The Kier molecular flexibility index (Phi) is 4.87. The topological polar surface area (TPSA) is 41.1 Å². The molecule has 6 heteroatoms. The fraction of sp³-hybridized carbons (Fsp3) is 0.462. The summed E-state index contributed by atoms with van der Waals surface area (Å²) in [6, 6.07) is 1.86. The van der Waals surface area contributed by atoms with Gasteiger partial charge in [-0.3, -0.25) is 4.79 Å². The average Bonchev–Trinajstić information content (AvgIpc) is 2.62. The number of halogens is 3. The third-order valence-electron chi connectivity index (χ3n) is 3.13. The highest BCUT2D eigenvalue weighted by Crippen LogP contribution is 2.24. The van der Waals surface area contributed by atoms with Crippen LogP contribution in [0.15, 0.2) is 16.6 Å². The lowest BCUT2D eigenvalue weighted by atomic mass is 10.1. The van der Waals surface area contributed by atoms with Crippen molar-refractivity contribution in [1.29, 1.82) is 0 Å². The lowest BCUT2D eigenvalue weighted by molar-refractivity contribution is -0.118. The first-order chi connectivity index (χ1) is 9.08. The van der Waals surface area contributed by atoms with E-state index in [1.54, 1.807) is 0 Å². The highest BCUT2D eigenvalue weighted by molar-refractivity contribution is 9.10. The van der Waals surface area contributed by atoms with E-state index in [9.17, 15) is 13.6 Å². The Morgan fingerprint density at radius 2 is 1.95 bits per heavy atom. The molecule has 1 unspecified atom stereocenters. The molecule has 1 heterocycles. The maximum Gasteiger partial charge on any atom is 0.241 e. The summed E-state index contributed by atoms with van der Waals surface area (Å²) in [6.45, 7) is 0.753. The molecule has 1 amide bonds. The van der Waals surface area contributed by atoms with Crippen LogP contribution in [0.25, 0.3) is 0 Å². The van der Waals surface area contributed by atoms with E-state index in [0.29, 0.717) is 10.9 Å². The molecular weight excluding hydrogens is 318 g/mol. The van der Waals surface area contributed by atoms with Crippen LogP contribution in [0.5, 0.6) is 0 Å². The molecule has 1 fully saturated rings.